The molecule has 0 fully saturated rings. The van der Waals surface area contributed by atoms with Crippen molar-refractivity contribution in [3.8, 4) is 0 Å². The Kier molecular flexibility index (Phi) is 4.73. The Labute approximate surface area is 158 Å². The smallest absolute Gasteiger partial charge is 0.206 e. The van der Waals surface area contributed by atoms with Gasteiger partial charge in [-0.05, 0) is 11.6 Å². The Morgan fingerprint density at radius 2 is 1.88 bits per heavy atom. The minimum absolute atomic E-state index is 0.0554. The highest BCUT2D eigenvalue weighted by molar-refractivity contribution is 8.02. The molecule has 0 spiro atoms. The van der Waals surface area contributed by atoms with E-state index in [-0.39, 0.29) is 11.0 Å². The Bertz CT molecular complexity index is 1040. The molecule has 0 aliphatic carbocycles. The van der Waals surface area contributed by atoms with E-state index in [1.54, 1.807) is 13.2 Å². The summed E-state index contributed by atoms with van der Waals surface area (Å²) in [6.07, 6.45) is 1.79. The van der Waals surface area contributed by atoms with Gasteiger partial charge in [0.05, 0.1) is 0 Å². The Morgan fingerprint density at radius 1 is 1.12 bits per heavy atom. The van der Waals surface area contributed by atoms with Gasteiger partial charge >= 0.3 is 0 Å². The molecule has 4 aromatic rings. The molecule has 4 rings (SSSR count). The molecule has 0 aliphatic rings. The van der Waals surface area contributed by atoms with E-state index in [1.165, 1.54) is 23.1 Å². The first-order valence-corrected chi connectivity index (χ1v) is 9.79. The highest BCUT2D eigenvalue weighted by Gasteiger charge is 2.26. The van der Waals surface area contributed by atoms with Crippen LogP contribution in [0.4, 0.5) is 5.13 Å². The summed E-state index contributed by atoms with van der Waals surface area (Å²) in [6.45, 7) is 0. The predicted octanol–water partition coefficient (Wildman–Crippen LogP) is 4.78. The average molecular weight is 380 g/mol. The third-order valence-electron chi connectivity index (χ3n) is 4.03. The van der Waals surface area contributed by atoms with Crippen LogP contribution in [0.25, 0.3) is 10.9 Å². The molecule has 7 heteroatoms. The summed E-state index contributed by atoms with van der Waals surface area (Å²) < 4.78 is 0.761. The molecule has 0 bridgehead atoms. The molecule has 0 saturated carbocycles. The number of rotatable bonds is 6. The lowest BCUT2D eigenvalue weighted by atomic mass is 10.0. The molecule has 0 saturated heterocycles. The molecule has 2 N–H and O–H groups in total. The van der Waals surface area contributed by atoms with Gasteiger partial charge in [0.25, 0.3) is 0 Å². The maximum atomic E-state index is 13.4. The second-order valence-corrected chi connectivity index (χ2v) is 7.97. The predicted molar refractivity (Wildman–Crippen MR) is 107 cm³/mol. The van der Waals surface area contributed by atoms with Gasteiger partial charge in [0.15, 0.2) is 10.1 Å². The van der Waals surface area contributed by atoms with Gasteiger partial charge in [-0.1, -0.05) is 71.6 Å². The average Bonchev–Trinajstić information content (AvgIpc) is 3.33. The number of fused-ring (bicyclic) bond motifs is 1. The van der Waals surface area contributed by atoms with E-state index < -0.39 is 0 Å². The normalized spacial score (nSPS) is 12.2. The third kappa shape index (κ3) is 3.23. The van der Waals surface area contributed by atoms with Crippen LogP contribution in [0.5, 0.6) is 0 Å². The number of thioether (sulfide) groups is 1. The van der Waals surface area contributed by atoms with Crippen LogP contribution in [0.3, 0.4) is 0 Å². The molecule has 2 aromatic carbocycles. The van der Waals surface area contributed by atoms with Gasteiger partial charge < -0.3 is 10.3 Å². The minimum atomic E-state index is -0.381. The number of carbonyl (C=O) groups is 1. The van der Waals surface area contributed by atoms with Crippen LogP contribution in [0.15, 0.2) is 65.1 Å². The standard InChI is InChI=1S/C19H16N4OS2/c1-20-18-22-23-19(26-18)25-17(12-7-3-2-4-8-12)16(24)14-11-21-15-10-6-5-9-13(14)15/h2-11,17,21H,1H3,(H,20,22)/t17-/m0/s1. The second kappa shape index (κ2) is 7.31. The summed E-state index contributed by atoms with van der Waals surface area (Å²) in [4.78, 5) is 16.6. The van der Waals surface area contributed by atoms with Gasteiger partial charge in [-0.2, -0.15) is 0 Å². The van der Waals surface area contributed by atoms with Gasteiger partial charge in [0.1, 0.15) is 5.25 Å². The number of aromatic amines is 1. The summed E-state index contributed by atoms with van der Waals surface area (Å²) in [6, 6.07) is 17.6. The van der Waals surface area contributed by atoms with Gasteiger partial charge in [0.2, 0.25) is 5.13 Å². The molecule has 5 nitrogen and oxygen atoms in total. The molecular weight excluding hydrogens is 364 g/mol. The quantitative estimate of drug-likeness (QED) is 0.372. The zero-order valence-corrected chi connectivity index (χ0v) is 15.6. The van der Waals surface area contributed by atoms with E-state index in [1.807, 2.05) is 54.6 Å². The summed E-state index contributed by atoms with van der Waals surface area (Å²) in [5, 5.41) is 12.5. The summed E-state index contributed by atoms with van der Waals surface area (Å²) in [5.74, 6) is 0.0554. The first-order chi connectivity index (χ1) is 12.8. The summed E-state index contributed by atoms with van der Waals surface area (Å²) >= 11 is 2.88. The number of anilines is 1. The Morgan fingerprint density at radius 3 is 2.65 bits per heavy atom. The van der Waals surface area contributed by atoms with Crippen LogP contribution >= 0.6 is 23.1 Å². The van der Waals surface area contributed by atoms with Crippen molar-refractivity contribution in [1.82, 2.24) is 15.2 Å². The van der Waals surface area contributed by atoms with Gasteiger partial charge in [-0.25, -0.2) is 0 Å². The van der Waals surface area contributed by atoms with Crippen molar-refractivity contribution in [2.75, 3.05) is 12.4 Å². The van der Waals surface area contributed by atoms with Gasteiger partial charge in [-0.15, -0.1) is 10.2 Å². The zero-order valence-electron chi connectivity index (χ0n) is 14.0. The maximum absolute atomic E-state index is 13.4. The van der Waals surface area contributed by atoms with Crippen LogP contribution in [-0.2, 0) is 0 Å². The number of hydrogen-bond acceptors (Lipinski definition) is 6. The van der Waals surface area contributed by atoms with E-state index in [4.69, 9.17) is 0 Å². The van der Waals surface area contributed by atoms with Gasteiger partial charge in [-0.3, -0.25) is 4.79 Å². The van der Waals surface area contributed by atoms with E-state index in [9.17, 15) is 4.79 Å². The molecule has 130 valence electrons. The third-order valence-corrected chi connectivity index (χ3v) is 6.31. The fraction of sp³-hybridized carbons (Fsp3) is 0.105. The van der Waals surface area contributed by atoms with Crippen LogP contribution < -0.4 is 5.32 Å². The minimum Gasteiger partial charge on any atom is -0.363 e. The van der Waals surface area contributed by atoms with Crippen molar-refractivity contribution in [3.05, 3.63) is 71.9 Å². The number of aromatic nitrogens is 3. The molecule has 0 radical (unpaired) electrons. The maximum Gasteiger partial charge on any atom is 0.206 e. The van der Waals surface area contributed by atoms with E-state index in [2.05, 4.69) is 20.5 Å². The molecule has 2 heterocycles. The summed E-state index contributed by atoms with van der Waals surface area (Å²) in [5.41, 5.74) is 2.61. The highest BCUT2D eigenvalue weighted by Crippen LogP contribution is 2.40. The summed E-state index contributed by atoms with van der Waals surface area (Å²) in [7, 11) is 1.81. The van der Waals surface area contributed by atoms with Crippen molar-refractivity contribution in [1.29, 1.82) is 0 Å². The number of nitrogens with one attached hydrogen (secondary N) is 2. The van der Waals surface area contributed by atoms with Crippen molar-refractivity contribution >= 4 is 44.9 Å². The van der Waals surface area contributed by atoms with Crippen LogP contribution in [0, 0.1) is 0 Å². The molecule has 0 amide bonds. The second-order valence-electron chi connectivity index (χ2n) is 5.64. The van der Waals surface area contributed by atoms with E-state index in [0.29, 0.717) is 5.56 Å². The molecule has 26 heavy (non-hydrogen) atoms. The fourth-order valence-electron chi connectivity index (χ4n) is 2.78. The number of hydrogen-bond donors (Lipinski definition) is 2. The lowest BCUT2D eigenvalue weighted by Gasteiger charge is -2.14. The van der Waals surface area contributed by atoms with Crippen LogP contribution in [0.1, 0.15) is 21.2 Å². The van der Waals surface area contributed by atoms with E-state index in [0.717, 1.165) is 25.9 Å². The number of para-hydroxylation sites is 1. The number of carbonyl (C=O) groups excluding carboxylic acids is 1. The lowest BCUT2D eigenvalue weighted by Crippen LogP contribution is -2.09. The number of nitrogens with zero attached hydrogens (tertiary/aromatic N) is 2. The molecule has 2 aromatic heterocycles. The lowest BCUT2D eigenvalue weighted by molar-refractivity contribution is 0.0991. The zero-order chi connectivity index (χ0) is 17.9. The van der Waals surface area contributed by atoms with Crippen molar-refractivity contribution in [2.45, 2.75) is 9.59 Å². The highest BCUT2D eigenvalue weighted by atomic mass is 32.2. The van der Waals surface area contributed by atoms with Crippen molar-refractivity contribution < 1.29 is 4.79 Å². The SMILES string of the molecule is CNc1nnc(S[C@H](C(=O)c2c[nH]c3ccccc23)c2ccccc2)s1. The van der Waals surface area contributed by atoms with Crippen molar-refractivity contribution in [3.63, 3.8) is 0 Å². The van der Waals surface area contributed by atoms with Crippen LogP contribution in [0.2, 0.25) is 0 Å². The number of benzene rings is 2. The number of ketones is 1. The molecular formula is C19H16N4OS2. The fourth-order valence-corrected chi connectivity index (χ4v) is 4.74. The molecule has 0 aliphatic heterocycles. The first-order valence-electron chi connectivity index (χ1n) is 8.09. The van der Waals surface area contributed by atoms with E-state index >= 15 is 0 Å². The number of H-pyrrole nitrogens is 1. The Hall–Kier alpha value is -2.64. The van der Waals surface area contributed by atoms with Gasteiger partial charge in [0, 0.05) is 29.7 Å². The molecule has 0 unspecified atom stereocenters. The number of Topliss-reactive ketones (excluding diaryl/α,β-unsaturated/α-hetero) is 1. The first kappa shape index (κ1) is 16.8. The Balaban J connectivity index is 1.73. The monoisotopic (exact) mass is 380 g/mol. The topological polar surface area (TPSA) is 70.7 Å². The van der Waals surface area contributed by atoms with Crippen LogP contribution in [-0.4, -0.2) is 28.0 Å². The molecule has 1 atom stereocenters. The van der Waals surface area contributed by atoms with Crippen molar-refractivity contribution in [2.24, 2.45) is 0 Å². The largest absolute Gasteiger partial charge is 0.363 e.